The predicted molar refractivity (Wildman–Crippen MR) is 166 cm³/mol. The van der Waals surface area contributed by atoms with E-state index in [-0.39, 0.29) is 12.2 Å². The third kappa shape index (κ3) is 6.77. The molecule has 40 heavy (non-hydrogen) atoms. The van der Waals surface area contributed by atoms with Crippen LogP contribution in [0.4, 0.5) is 0 Å². The van der Waals surface area contributed by atoms with Crippen molar-refractivity contribution in [1.82, 2.24) is 9.80 Å². The van der Waals surface area contributed by atoms with E-state index in [0.717, 1.165) is 91.4 Å². The molecule has 2 aromatic heterocycles. The van der Waals surface area contributed by atoms with E-state index in [4.69, 9.17) is 9.47 Å². The van der Waals surface area contributed by atoms with E-state index >= 15 is 0 Å². The van der Waals surface area contributed by atoms with Crippen molar-refractivity contribution >= 4 is 42.8 Å². The molecule has 2 aromatic carbocycles. The molecule has 4 aromatic rings. The minimum atomic E-state index is -0.133. The van der Waals surface area contributed by atoms with Gasteiger partial charge in [0.25, 0.3) is 0 Å². The van der Waals surface area contributed by atoms with Crippen LogP contribution in [0, 0.1) is 0 Å². The van der Waals surface area contributed by atoms with Gasteiger partial charge in [0, 0.05) is 66.8 Å². The van der Waals surface area contributed by atoms with E-state index in [1.165, 1.54) is 41.7 Å². The number of β-amino-alcohol motifs (C(OH)–C–C–N with tert-alkyl or cyclic N) is 2. The zero-order chi connectivity index (χ0) is 27.3. The maximum atomic E-state index is 9.45. The lowest BCUT2D eigenvalue weighted by molar-refractivity contribution is -0.00316. The summed E-state index contributed by atoms with van der Waals surface area (Å²) in [5.74, 6) is 0. The number of likely N-dealkylation sites (tertiary alicyclic amines) is 2. The Hall–Kier alpha value is -1.88. The largest absolute Gasteiger partial charge is 0.390 e. The average Bonchev–Trinajstić information content (AvgIpc) is 3.51. The van der Waals surface area contributed by atoms with Crippen LogP contribution in [0.15, 0.2) is 47.8 Å². The quantitative estimate of drug-likeness (QED) is 0.192. The molecule has 0 amide bonds. The van der Waals surface area contributed by atoms with Gasteiger partial charge >= 0.3 is 0 Å². The highest BCUT2D eigenvalue weighted by molar-refractivity contribution is 7.22. The molecule has 0 spiro atoms. The van der Waals surface area contributed by atoms with Gasteiger partial charge in [-0.05, 0) is 76.7 Å². The maximum absolute atomic E-state index is 9.45. The Labute approximate surface area is 244 Å². The molecule has 214 valence electrons. The molecule has 2 aliphatic heterocycles. The van der Waals surface area contributed by atoms with Crippen molar-refractivity contribution in [2.45, 2.75) is 37.9 Å². The van der Waals surface area contributed by atoms with Gasteiger partial charge in [-0.25, -0.2) is 0 Å². The van der Waals surface area contributed by atoms with E-state index in [1.807, 2.05) is 22.7 Å². The monoisotopic (exact) mass is 580 g/mol. The van der Waals surface area contributed by atoms with Gasteiger partial charge in [-0.1, -0.05) is 24.3 Å². The van der Waals surface area contributed by atoms with Gasteiger partial charge < -0.3 is 19.7 Å². The highest BCUT2D eigenvalue weighted by atomic mass is 32.1. The van der Waals surface area contributed by atoms with Crippen LogP contribution in [0.2, 0.25) is 0 Å². The van der Waals surface area contributed by atoms with Gasteiger partial charge in [0.15, 0.2) is 0 Å². The third-order valence-corrected chi connectivity index (χ3v) is 10.3. The summed E-state index contributed by atoms with van der Waals surface area (Å²) in [6, 6.07) is 15.7. The topological polar surface area (TPSA) is 65.4 Å². The highest BCUT2D eigenvalue weighted by Gasteiger charge is 2.24. The number of ether oxygens (including phenoxy) is 2. The summed E-state index contributed by atoms with van der Waals surface area (Å²) in [6.07, 6.45) is 3.59. The van der Waals surface area contributed by atoms with Crippen molar-refractivity contribution < 1.29 is 19.7 Å². The van der Waals surface area contributed by atoms with E-state index < -0.39 is 0 Å². The first-order valence-electron chi connectivity index (χ1n) is 14.6. The van der Waals surface area contributed by atoms with Crippen molar-refractivity contribution in [1.29, 1.82) is 0 Å². The van der Waals surface area contributed by atoms with Gasteiger partial charge in [0.1, 0.15) is 0 Å². The van der Waals surface area contributed by atoms with E-state index in [1.54, 1.807) is 0 Å². The van der Waals surface area contributed by atoms with Crippen LogP contribution in [0.1, 0.15) is 24.0 Å². The SMILES string of the molecule is OC1CN(CCCOCCc2csc3ccc(-c4sc5ccccc5c4CCOCCCN4CC(O)C4)cc23)C1. The second kappa shape index (κ2) is 13.4. The Morgan fingerprint density at radius 3 is 2.12 bits per heavy atom. The van der Waals surface area contributed by atoms with Crippen molar-refractivity contribution in [2.24, 2.45) is 0 Å². The summed E-state index contributed by atoms with van der Waals surface area (Å²) in [4.78, 5) is 5.91. The summed E-state index contributed by atoms with van der Waals surface area (Å²) < 4.78 is 14.7. The van der Waals surface area contributed by atoms with E-state index in [0.29, 0.717) is 0 Å². The maximum Gasteiger partial charge on any atom is 0.0793 e. The lowest BCUT2D eigenvalue weighted by atomic mass is 10.0. The summed E-state index contributed by atoms with van der Waals surface area (Å²) in [6.45, 7) is 8.23. The van der Waals surface area contributed by atoms with Gasteiger partial charge in [0.05, 0.1) is 25.4 Å². The second-order valence-corrected chi connectivity index (χ2v) is 13.1. The predicted octanol–water partition coefficient (Wildman–Crippen LogP) is 5.03. The minimum absolute atomic E-state index is 0.128. The number of hydrogen-bond acceptors (Lipinski definition) is 8. The Morgan fingerprint density at radius 1 is 0.750 bits per heavy atom. The highest BCUT2D eigenvalue weighted by Crippen LogP contribution is 2.41. The van der Waals surface area contributed by atoms with Crippen LogP contribution in [-0.2, 0) is 22.3 Å². The summed E-state index contributed by atoms with van der Waals surface area (Å²) in [7, 11) is 0. The molecule has 0 atom stereocenters. The molecule has 8 heteroatoms. The molecule has 2 aliphatic rings. The van der Waals surface area contributed by atoms with Gasteiger partial charge in [0.2, 0.25) is 0 Å². The molecule has 6 nitrogen and oxygen atoms in total. The Morgan fingerprint density at radius 2 is 1.43 bits per heavy atom. The van der Waals surface area contributed by atoms with Gasteiger partial charge in [-0.3, -0.25) is 9.80 Å². The molecule has 0 bridgehead atoms. The fourth-order valence-corrected chi connectivity index (χ4v) is 8.01. The molecule has 2 fully saturated rings. The molecule has 2 saturated heterocycles. The summed E-state index contributed by atoms with van der Waals surface area (Å²) in [5.41, 5.74) is 4.05. The number of rotatable bonds is 15. The summed E-state index contributed by atoms with van der Waals surface area (Å²) in [5, 5.41) is 23.8. The van der Waals surface area contributed by atoms with Gasteiger partial charge in [-0.15, -0.1) is 22.7 Å². The molecule has 2 N–H and O–H groups in total. The van der Waals surface area contributed by atoms with Crippen molar-refractivity contribution in [3.63, 3.8) is 0 Å². The number of thiophene rings is 2. The Balaban J connectivity index is 1.07. The number of aliphatic hydroxyl groups is 2. The molecular formula is C32H40N2O4S2. The van der Waals surface area contributed by atoms with Crippen LogP contribution in [-0.4, -0.2) is 97.9 Å². The number of hydrogen-bond donors (Lipinski definition) is 2. The smallest absolute Gasteiger partial charge is 0.0793 e. The van der Waals surface area contributed by atoms with Crippen molar-refractivity contribution in [2.75, 3.05) is 65.7 Å². The third-order valence-electron chi connectivity index (χ3n) is 8.03. The standard InChI is InChI=1S/C32H40N2O4S2/c35-25-18-33(19-25)11-3-13-37-15-9-24-22-39-30-8-7-23(17-29(24)30)32-28(27-5-1-2-6-31(27)40-32)10-16-38-14-4-12-34-20-26(36)21-34/h1-2,5-8,17,22,25-26,35-36H,3-4,9-16,18-21H2. The summed E-state index contributed by atoms with van der Waals surface area (Å²) >= 11 is 3.71. The fraction of sp³-hybridized carbons (Fsp3) is 0.500. The Bertz CT molecular complexity index is 1390. The molecule has 6 rings (SSSR count). The zero-order valence-electron chi connectivity index (χ0n) is 23.1. The van der Waals surface area contributed by atoms with Crippen LogP contribution < -0.4 is 0 Å². The number of aliphatic hydroxyl groups excluding tert-OH is 2. The van der Waals surface area contributed by atoms with Crippen LogP contribution in [0.3, 0.4) is 0 Å². The molecular weight excluding hydrogens is 540 g/mol. The molecule has 0 unspecified atom stereocenters. The molecule has 0 radical (unpaired) electrons. The lowest BCUT2D eigenvalue weighted by Crippen LogP contribution is -2.50. The number of fused-ring (bicyclic) bond motifs is 2. The molecule has 0 aliphatic carbocycles. The first kappa shape index (κ1) is 28.2. The number of nitrogens with zero attached hydrogens (tertiary/aromatic N) is 2. The normalized spacial score (nSPS) is 17.1. The lowest BCUT2D eigenvalue weighted by Gasteiger charge is -2.35. The van der Waals surface area contributed by atoms with Crippen molar-refractivity contribution in [3.05, 3.63) is 59.0 Å². The van der Waals surface area contributed by atoms with E-state index in [9.17, 15) is 10.2 Å². The van der Waals surface area contributed by atoms with Crippen LogP contribution in [0.5, 0.6) is 0 Å². The molecule has 4 heterocycles. The molecule has 0 saturated carbocycles. The van der Waals surface area contributed by atoms with Crippen LogP contribution in [0.25, 0.3) is 30.6 Å². The second-order valence-electron chi connectivity index (χ2n) is 11.1. The van der Waals surface area contributed by atoms with Gasteiger partial charge in [-0.2, -0.15) is 0 Å². The average molecular weight is 581 g/mol. The van der Waals surface area contributed by atoms with Crippen molar-refractivity contribution in [3.8, 4) is 10.4 Å². The number of benzene rings is 2. The fourth-order valence-electron chi connectivity index (χ4n) is 5.79. The first-order valence-corrected chi connectivity index (χ1v) is 16.3. The Kier molecular flexibility index (Phi) is 9.46. The minimum Gasteiger partial charge on any atom is -0.390 e. The van der Waals surface area contributed by atoms with Crippen LogP contribution >= 0.6 is 22.7 Å². The van der Waals surface area contributed by atoms with E-state index in [2.05, 4.69) is 57.6 Å². The first-order chi connectivity index (χ1) is 19.6. The zero-order valence-corrected chi connectivity index (χ0v) is 24.7.